The van der Waals surface area contributed by atoms with Gasteiger partial charge in [-0.2, -0.15) is 0 Å². The lowest BCUT2D eigenvalue weighted by atomic mass is 9.87. The van der Waals surface area contributed by atoms with Crippen molar-refractivity contribution < 1.29 is 10.2 Å². The fraction of sp³-hybridized carbons (Fsp3) is 1.00. The molecule has 0 bridgehead atoms. The van der Waals surface area contributed by atoms with Crippen molar-refractivity contribution >= 4 is 22.9 Å². The van der Waals surface area contributed by atoms with Crippen molar-refractivity contribution in [3.8, 4) is 0 Å². The number of aliphatic hydroxyl groups excluding tert-OH is 2. The maximum atomic E-state index is 8.90. The quantitative estimate of drug-likeness (QED) is 0.492. The summed E-state index contributed by atoms with van der Waals surface area (Å²) in [6.45, 7) is 2.68. The maximum Gasteiger partial charge on any atom is 0.0521 e. The smallest absolute Gasteiger partial charge is 0.0521 e. The Morgan fingerprint density at radius 3 is 2.00 bits per heavy atom. The largest absolute Gasteiger partial charge is 0.396 e. The van der Waals surface area contributed by atoms with Crippen LogP contribution in [0.25, 0.3) is 0 Å². The third-order valence-corrected chi connectivity index (χ3v) is 2.24. The van der Waals surface area contributed by atoms with Crippen LogP contribution in [0.5, 0.6) is 0 Å². The monoisotopic (exact) mass is 259 g/mol. The molecule has 0 saturated heterocycles. The molecule has 4 heteroatoms. The molecule has 0 aliphatic carbocycles. The van der Waals surface area contributed by atoms with Gasteiger partial charge in [-0.25, -0.2) is 0 Å². The average Bonchev–Trinajstić information content (AvgIpc) is 2.01. The van der Waals surface area contributed by atoms with E-state index in [0.717, 1.165) is 6.42 Å². The first-order chi connectivity index (χ1) is 4.74. The second kappa shape index (κ2) is 5.29. The molecule has 0 aliphatic heterocycles. The average molecular weight is 259 g/mol. The highest BCUT2D eigenvalue weighted by Gasteiger charge is 2.25. The van der Waals surface area contributed by atoms with Gasteiger partial charge in [-0.05, 0) is 6.42 Å². The summed E-state index contributed by atoms with van der Waals surface area (Å²) in [6.07, 6.45) is 0.788. The Kier molecular flexibility index (Phi) is 5.61. The van der Waals surface area contributed by atoms with Crippen molar-refractivity contribution in [1.82, 2.24) is 3.53 Å². The van der Waals surface area contributed by atoms with Gasteiger partial charge in [0.25, 0.3) is 0 Å². The van der Waals surface area contributed by atoms with Gasteiger partial charge >= 0.3 is 0 Å². The topological polar surface area (TPSA) is 52.5 Å². The van der Waals surface area contributed by atoms with E-state index in [4.69, 9.17) is 10.2 Å². The van der Waals surface area contributed by atoms with E-state index in [1.54, 1.807) is 0 Å². The number of halogens is 1. The third-order valence-electron chi connectivity index (χ3n) is 1.86. The van der Waals surface area contributed by atoms with Gasteiger partial charge in [0.1, 0.15) is 0 Å². The standard InChI is InChI=1S/C6H14INO2/c1-2-6(4-9,5-10)3-8-7/h8-10H,2-5H2,1H3. The molecule has 0 aromatic rings. The third kappa shape index (κ3) is 2.69. The van der Waals surface area contributed by atoms with E-state index in [1.807, 2.05) is 29.8 Å². The highest BCUT2D eigenvalue weighted by molar-refractivity contribution is 14.1. The first kappa shape index (κ1) is 10.6. The van der Waals surface area contributed by atoms with Crippen LogP contribution >= 0.6 is 22.9 Å². The predicted molar refractivity (Wildman–Crippen MR) is 48.9 cm³/mol. The van der Waals surface area contributed by atoms with Gasteiger partial charge in [-0.3, -0.25) is 3.53 Å². The van der Waals surface area contributed by atoms with Crippen molar-refractivity contribution in [3.63, 3.8) is 0 Å². The van der Waals surface area contributed by atoms with Gasteiger partial charge in [-0.1, -0.05) is 6.92 Å². The van der Waals surface area contributed by atoms with Gasteiger partial charge in [0.2, 0.25) is 0 Å². The first-order valence-corrected chi connectivity index (χ1v) is 4.38. The van der Waals surface area contributed by atoms with Crippen molar-refractivity contribution in [2.45, 2.75) is 13.3 Å². The zero-order chi connectivity index (χ0) is 8.04. The molecule has 0 atom stereocenters. The van der Waals surface area contributed by atoms with E-state index in [9.17, 15) is 0 Å². The van der Waals surface area contributed by atoms with Crippen LogP contribution in [0.2, 0.25) is 0 Å². The Morgan fingerprint density at radius 2 is 1.90 bits per heavy atom. The molecule has 3 nitrogen and oxygen atoms in total. The molecular weight excluding hydrogens is 245 g/mol. The Hall–Kier alpha value is 0.610. The lowest BCUT2D eigenvalue weighted by Crippen LogP contribution is -2.37. The highest BCUT2D eigenvalue weighted by atomic mass is 127. The van der Waals surface area contributed by atoms with Crippen LogP contribution in [-0.4, -0.2) is 30.0 Å². The summed E-state index contributed by atoms with van der Waals surface area (Å²) in [5.41, 5.74) is -0.332. The van der Waals surface area contributed by atoms with E-state index >= 15 is 0 Å². The molecule has 0 radical (unpaired) electrons. The van der Waals surface area contributed by atoms with Crippen molar-refractivity contribution in [2.24, 2.45) is 5.41 Å². The molecule has 0 heterocycles. The van der Waals surface area contributed by atoms with Crippen LogP contribution in [0.3, 0.4) is 0 Å². The molecule has 0 rings (SSSR count). The molecule has 0 amide bonds. The predicted octanol–water partition coefficient (Wildman–Crippen LogP) is 0.307. The van der Waals surface area contributed by atoms with Crippen LogP contribution in [0, 0.1) is 5.41 Å². The first-order valence-electron chi connectivity index (χ1n) is 3.30. The molecule has 10 heavy (non-hydrogen) atoms. The lowest BCUT2D eigenvalue weighted by molar-refractivity contribution is 0.0569. The van der Waals surface area contributed by atoms with E-state index < -0.39 is 0 Å². The lowest BCUT2D eigenvalue weighted by Gasteiger charge is -2.26. The molecule has 0 unspecified atom stereocenters. The SMILES string of the molecule is CCC(CO)(CO)CNI. The van der Waals surface area contributed by atoms with E-state index in [0.29, 0.717) is 6.54 Å². The number of hydrogen-bond donors (Lipinski definition) is 3. The van der Waals surface area contributed by atoms with Gasteiger partial charge in [0, 0.05) is 34.8 Å². The number of nitrogens with one attached hydrogen (secondary N) is 1. The molecule has 0 fully saturated rings. The van der Waals surface area contributed by atoms with Crippen LogP contribution in [0.1, 0.15) is 13.3 Å². The molecular formula is C6H14INO2. The summed E-state index contributed by atoms with van der Waals surface area (Å²) >= 11 is 2.01. The number of aliphatic hydroxyl groups is 2. The molecule has 0 aromatic heterocycles. The Bertz CT molecular complexity index is 77.6. The van der Waals surface area contributed by atoms with Crippen LogP contribution in [0.4, 0.5) is 0 Å². The van der Waals surface area contributed by atoms with Crippen molar-refractivity contribution in [3.05, 3.63) is 0 Å². The Morgan fingerprint density at radius 1 is 1.40 bits per heavy atom. The molecule has 3 N–H and O–H groups in total. The summed E-state index contributed by atoms with van der Waals surface area (Å²) < 4.78 is 2.91. The summed E-state index contributed by atoms with van der Waals surface area (Å²) in [5.74, 6) is 0. The molecule has 0 aliphatic rings. The van der Waals surface area contributed by atoms with Gasteiger partial charge < -0.3 is 10.2 Å². The molecule has 0 aromatic carbocycles. The van der Waals surface area contributed by atoms with Gasteiger partial charge in [0.05, 0.1) is 13.2 Å². The molecule has 62 valence electrons. The number of rotatable bonds is 5. The van der Waals surface area contributed by atoms with E-state index in [1.165, 1.54) is 0 Å². The second-order valence-electron chi connectivity index (χ2n) is 2.48. The minimum atomic E-state index is -0.332. The zero-order valence-corrected chi connectivity index (χ0v) is 8.26. The maximum absolute atomic E-state index is 8.90. The summed E-state index contributed by atoms with van der Waals surface area (Å²) in [6, 6.07) is 0. The van der Waals surface area contributed by atoms with E-state index in [2.05, 4.69) is 3.53 Å². The second-order valence-corrected chi connectivity index (χ2v) is 3.24. The van der Waals surface area contributed by atoms with Crippen LogP contribution in [-0.2, 0) is 0 Å². The minimum Gasteiger partial charge on any atom is -0.396 e. The normalized spacial score (nSPS) is 12.0. The minimum absolute atomic E-state index is 0.0377. The van der Waals surface area contributed by atoms with Gasteiger partial charge in [0.15, 0.2) is 0 Å². The summed E-state index contributed by atoms with van der Waals surface area (Å²) in [7, 11) is 0. The molecule has 0 saturated carbocycles. The van der Waals surface area contributed by atoms with Gasteiger partial charge in [-0.15, -0.1) is 0 Å². The Labute approximate surface area is 75.3 Å². The zero-order valence-electron chi connectivity index (χ0n) is 6.10. The summed E-state index contributed by atoms with van der Waals surface area (Å²) in [5, 5.41) is 17.8. The fourth-order valence-corrected chi connectivity index (χ4v) is 1.46. The van der Waals surface area contributed by atoms with E-state index in [-0.39, 0.29) is 18.6 Å². The van der Waals surface area contributed by atoms with Crippen molar-refractivity contribution in [1.29, 1.82) is 0 Å². The Balaban J connectivity index is 3.87. The fourth-order valence-electron chi connectivity index (χ4n) is 0.652. The highest BCUT2D eigenvalue weighted by Crippen LogP contribution is 2.18. The van der Waals surface area contributed by atoms with Crippen molar-refractivity contribution in [2.75, 3.05) is 19.8 Å². The number of hydrogen-bond acceptors (Lipinski definition) is 3. The van der Waals surface area contributed by atoms with Crippen LogP contribution < -0.4 is 3.53 Å². The molecule has 0 spiro atoms. The summed E-state index contributed by atoms with van der Waals surface area (Å²) in [4.78, 5) is 0. The van der Waals surface area contributed by atoms with Crippen LogP contribution in [0.15, 0.2) is 0 Å².